The third-order valence-corrected chi connectivity index (χ3v) is 3.37. The number of carbonyl (C=O) groups is 2. The molecule has 0 spiro atoms. The van der Waals surface area contributed by atoms with Gasteiger partial charge in [-0.25, -0.2) is 4.79 Å². The van der Waals surface area contributed by atoms with E-state index < -0.39 is 11.9 Å². The number of hydrogen-bond acceptors (Lipinski definition) is 2. The number of aliphatic carboxylic acids is 1. The van der Waals surface area contributed by atoms with Crippen molar-refractivity contribution in [1.82, 2.24) is 10.3 Å². The number of carboxylic acids is 1. The van der Waals surface area contributed by atoms with E-state index >= 15 is 0 Å². The summed E-state index contributed by atoms with van der Waals surface area (Å²) in [5.74, 6) is -1.66. The molecule has 3 aromatic rings. The van der Waals surface area contributed by atoms with E-state index in [1.54, 1.807) is 30.3 Å². The number of nitrogens with one attached hydrogen (secondary N) is 2. The Hall–Kier alpha value is -3.34. The van der Waals surface area contributed by atoms with Gasteiger partial charge < -0.3 is 15.4 Å². The second-order valence-corrected chi connectivity index (χ2v) is 5.00. The molecule has 3 N–H and O–H groups in total. The zero-order valence-corrected chi connectivity index (χ0v) is 12.1. The van der Waals surface area contributed by atoms with Gasteiger partial charge in [0.25, 0.3) is 5.91 Å². The summed E-state index contributed by atoms with van der Waals surface area (Å²) in [7, 11) is 0. The van der Waals surface area contributed by atoms with E-state index in [0.717, 1.165) is 10.9 Å². The van der Waals surface area contributed by atoms with E-state index in [1.807, 2.05) is 30.3 Å². The van der Waals surface area contributed by atoms with E-state index in [4.69, 9.17) is 0 Å². The highest BCUT2D eigenvalue weighted by atomic mass is 16.4. The minimum atomic E-state index is -1.20. The maximum Gasteiger partial charge on any atom is 0.352 e. The number of fused-ring (bicyclic) bond motifs is 1. The van der Waals surface area contributed by atoms with Gasteiger partial charge in [0.15, 0.2) is 0 Å². The summed E-state index contributed by atoms with van der Waals surface area (Å²) in [6, 6.07) is 17.9. The first kappa shape index (κ1) is 14.6. The van der Waals surface area contributed by atoms with Crippen molar-refractivity contribution in [3.63, 3.8) is 0 Å². The number of H-pyrrole nitrogens is 1. The molecule has 0 unspecified atom stereocenters. The van der Waals surface area contributed by atoms with Gasteiger partial charge in [0.2, 0.25) is 0 Å². The summed E-state index contributed by atoms with van der Waals surface area (Å²) in [4.78, 5) is 26.6. The Kier molecular flexibility index (Phi) is 3.93. The van der Waals surface area contributed by atoms with Crippen LogP contribution in [0.25, 0.3) is 17.0 Å². The predicted molar refractivity (Wildman–Crippen MR) is 87.8 cm³/mol. The minimum absolute atomic E-state index is 0.189. The summed E-state index contributed by atoms with van der Waals surface area (Å²) in [5, 5.41) is 12.7. The van der Waals surface area contributed by atoms with Gasteiger partial charge in [0.05, 0.1) is 0 Å². The lowest BCUT2D eigenvalue weighted by atomic mass is 10.2. The van der Waals surface area contributed by atoms with Gasteiger partial charge in [0, 0.05) is 16.8 Å². The number of aromatic nitrogens is 1. The van der Waals surface area contributed by atoms with Crippen LogP contribution in [0.5, 0.6) is 0 Å². The molecule has 2 aromatic carbocycles. The van der Waals surface area contributed by atoms with Crippen LogP contribution in [0.4, 0.5) is 0 Å². The van der Waals surface area contributed by atoms with Gasteiger partial charge in [0.1, 0.15) is 5.70 Å². The average Bonchev–Trinajstić information content (AvgIpc) is 2.97. The number of carboxylic acid groups (broad SMARTS) is 1. The topological polar surface area (TPSA) is 82.2 Å². The normalized spacial score (nSPS) is 11.4. The summed E-state index contributed by atoms with van der Waals surface area (Å²) in [6.07, 6.45) is 1.41. The third kappa shape index (κ3) is 3.29. The molecule has 0 bridgehead atoms. The highest BCUT2D eigenvalue weighted by molar-refractivity contribution is 6.02. The van der Waals surface area contributed by atoms with E-state index in [9.17, 15) is 14.7 Å². The fourth-order valence-corrected chi connectivity index (χ4v) is 2.26. The molecular formula is C18H14N2O3. The zero-order chi connectivity index (χ0) is 16.2. The maximum absolute atomic E-state index is 12.1. The Morgan fingerprint density at radius 3 is 2.39 bits per heavy atom. The molecule has 0 atom stereocenters. The molecule has 3 rings (SSSR count). The first-order valence-corrected chi connectivity index (χ1v) is 7.02. The average molecular weight is 306 g/mol. The molecule has 0 aliphatic rings. The van der Waals surface area contributed by atoms with E-state index in [1.165, 1.54) is 6.08 Å². The third-order valence-electron chi connectivity index (χ3n) is 3.37. The summed E-state index contributed by atoms with van der Waals surface area (Å²) >= 11 is 0. The summed E-state index contributed by atoms with van der Waals surface area (Å²) < 4.78 is 0. The highest BCUT2D eigenvalue weighted by Gasteiger charge is 2.13. The SMILES string of the molecule is O=C(O)C(=Cc1cc2ccccc2[nH]1)NC(=O)c1ccccc1. The molecule has 0 saturated heterocycles. The predicted octanol–water partition coefficient (Wildman–Crippen LogP) is 3.02. The molecule has 0 radical (unpaired) electrons. The lowest BCUT2D eigenvalue weighted by Crippen LogP contribution is -2.27. The van der Waals surface area contributed by atoms with Gasteiger partial charge >= 0.3 is 5.97 Å². The van der Waals surface area contributed by atoms with Gasteiger partial charge in [-0.2, -0.15) is 0 Å². The quantitative estimate of drug-likeness (QED) is 0.648. The van der Waals surface area contributed by atoms with Crippen molar-refractivity contribution in [2.75, 3.05) is 0 Å². The molecule has 0 aliphatic carbocycles. The van der Waals surface area contributed by atoms with Crippen LogP contribution in [-0.4, -0.2) is 22.0 Å². The first-order chi connectivity index (χ1) is 11.1. The van der Waals surface area contributed by atoms with Crippen LogP contribution in [-0.2, 0) is 4.79 Å². The lowest BCUT2D eigenvalue weighted by Gasteiger charge is -2.05. The number of para-hydroxylation sites is 1. The van der Waals surface area contributed by atoms with Crippen LogP contribution in [0.2, 0.25) is 0 Å². The van der Waals surface area contributed by atoms with E-state index in [0.29, 0.717) is 11.3 Å². The number of amides is 1. The number of rotatable bonds is 4. The van der Waals surface area contributed by atoms with Crippen LogP contribution in [0.3, 0.4) is 0 Å². The van der Waals surface area contributed by atoms with Crippen LogP contribution >= 0.6 is 0 Å². The fourth-order valence-electron chi connectivity index (χ4n) is 2.26. The number of carbonyl (C=O) groups excluding carboxylic acids is 1. The molecule has 5 heteroatoms. The monoisotopic (exact) mass is 306 g/mol. The van der Waals surface area contributed by atoms with Crippen LogP contribution in [0.15, 0.2) is 66.4 Å². The van der Waals surface area contributed by atoms with Gasteiger partial charge in [-0.05, 0) is 35.7 Å². The van der Waals surface area contributed by atoms with E-state index in [2.05, 4.69) is 10.3 Å². The number of aromatic amines is 1. The minimum Gasteiger partial charge on any atom is -0.477 e. The maximum atomic E-state index is 12.1. The van der Waals surface area contributed by atoms with Crippen molar-refractivity contribution in [3.8, 4) is 0 Å². The summed E-state index contributed by atoms with van der Waals surface area (Å²) in [6.45, 7) is 0. The van der Waals surface area contributed by atoms with E-state index in [-0.39, 0.29) is 5.70 Å². The highest BCUT2D eigenvalue weighted by Crippen LogP contribution is 2.16. The summed E-state index contributed by atoms with van der Waals surface area (Å²) in [5.41, 5.74) is 1.72. The number of benzene rings is 2. The Morgan fingerprint density at radius 1 is 1.00 bits per heavy atom. The second-order valence-electron chi connectivity index (χ2n) is 5.00. The molecule has 0 aliphatic heterocycles. The molecule has 0 saturated carbocycles. The van der Waals surface area contributed by atoms with Crippen molar-refractivity contribution < 1.29 is 14.7 Å². The molecule has 0 fully saturated rings. The van der Waals surface area contributed by atoms with Gasteiger partial charge in [-0.3, -0.25) is 4.79 Å². The fraction of sp³-hybridized carbons (Fsp3) is 0. The molecule has 1 heterocycles. The molecule has 1 aromatic heterocycles. The standard InChI is InChI=1S/C18H14N2O3/c21-17(12-6-2-1-3-7-12)20-16(18(22)23)11-14-10-13-8-4-5-9-15(13)19-14/h1-11,19H,(H,20,21)(H,22,23). The van der Waals surface area contributed by atoms with Crippen molar-refractivity contribution >= 4 is 28.9 Å². The zero-order valence-electron chi connectivity index (χ0n) is 12.1. The van der Waals surface area contributed by atoms with Crippen LogP contribution in [0.1, 0.15) is 16.1 Å². The number of hydrogen-bond donors (Lipinski definition) is 3. The molecule has 114 valence electrons. The van der Waals surface area contributed by atoms with Crippen molar-refractivity contribution in [3.05, 3.63) is 77.6 Å². The molecular weight excluding hydrogens is 292 g/mol. The van der Waals surface area contributed by atoms with Crippen molar-refractivity contribution in [2.45, 2.75) is 0 Å². The molecule has 5 nitrogen and oxygen atoms in total. The smallest absolute Gasteiger partial charge is 0.352 e. The lowest BCUT2D eigenvalue weighted by molar-refractivity contribution is -0.132. The Morgan fingerprint density at radius 2 is 1.70 bits per heavy atom. The second kappa shape index (κ2) is 6.19. The Balaban J connectivity index is 1.89. The largest absolute Gasteiger partial charge is 0.477 e. The van der Waals surface area contributed by atoms with Crippen LogP contribution < -0.4 is 5.32 Å². The van der Waals surface area contributed by atoms with Gasteiger partial charge in [-0.1, -0.05) is 36.4 Å². The first-order valence-electron chi connectivity index (χ1n) is 7.02. The van der Waals surface area contributed by atoms with Crippen LogP contribution in [0, 0.1) is 0 Å². The molecule has 1 amide bonds. The Bertz CT molecular complexity index is 862. The Labute approximate surface area is 132 Å². The van der Waals surface area contributed by atoms with Gasteiger partial charge in [-0.15, -0.1) is 0 Å². The van der Waals surface area contributed by atoms with Crippen molar-refractivity contribution in [1.29, 1.82) is 0 Å². The van der Waals surface area contributed by atoms with Crippen molar-refractivity contribution in [2.24, 2.45) is 0 Å². The molecule has 23 heavy (non-hydrogen) atoms.